The van der Waals surface area contributed by atoms with E-state index >= 15 is 0 Å². The third-order valence-electron chi connectivity index (χ3n) is 2.14. The Labute approximate surface area is 95.0 Å². The molecule has 2 aromatic rings. The van der Waals surface area contributed by atoms with Crippen molar-refractivity contribution < 1.29 is 9.53 Å². The van der Waals surface area contributed by atoms with Crippen molar-refractivity contribution in [3.8, 4) is 5.75 Å². The summed E-state index contributed by atoms with van der Waals surface area (Å²) in [7, 11) is 1.61. The first-order valence-electron chi connectivity index (χ1n) is 4.41. The second kappa shape index (κ2) is 4.02. The molecule has 2 aromatic heterocycles. The van der Waals surface area contributed by atoms with Gasteiger partial charge in [-0.2, -0.15) is 0 Å². The predicted molar refractivity (Wildman–Crippen MR) is 59.2 cm³/mol. The molecular weight excluding hydrogens is 260 g/mol. The van der Waals surface area contributed by atoms with E-state index in [1.165, 1.54) is 0 Å². The number of rotatable bonds is 3. The van der Waals surface area contributed by atoms with Gasteiger partial charge in [0.15, 0.2) is 0 Å². The van der Waals surface area contributed by atoms with Crippen LogP contribution in [0, 0.1) is 0 Å². The number of ether oxygens (including phenoxy) is 1. The van der Waals surface area contributed by atoms with Crippen LogP contribution in [0.15, 0.2) is 22.9 Å². The van der Waals surface area contributed by atoms with Crippen LogP contribution in [0.5, 0.6) is 5.75 Å². The maximum atomic E-state index is 10.5. The van der Waals surface area contributed by atoms with E-state index in [0.29, 0.717) is 16.8 Å². The van der Waals surface area contributed by atoms with E-state index in [2.05, 4.69) is 20.9 Å². The minimum absolute atomic E-state index is 0.292. The topological polar surface area (TPSA) is 43.6 Å². The Kier molecular flexibility index (Phi) is 2.73. The maximum Gasteiger partial charge on any atom is 0.145 e. The largest absolute Gasteiger partial charge is 0.494 e. The summed E-state index contributed by atoms with van der Waals surface area (Å²) in [5.41, 5.74) is 0.844. The Balaban J connectivity index is 2.73. The fourth-order valence-electron chi connectivity index (χ4n) is 1.51. The van der Waals surface area contributed by atoms with Crippen LogP contribution in [0.1, 0.15) is 5.82 Å². The van der Waals surface area contributed by atoms with Crippen LogP contribution >= 0.6 is 15.9 Å². The molecule has 0 spiro atoms. The zero-order valence-electron chi connectivity index (χ0n) is 8.11. The smallest absolute Gasteiger partial charge is 0.145 e. The van der Waals surface area contributed by atoms with Gasteiger partial charge in [-0.15, -0.1) is 0 Å². The highest BCUT2D eigenvalue weighted by Gasteiger charge is 2.12. The van der Waals surface area contributed by atoms with Crippen LogP contribution in [0.25, 0.3) is 5.52 Å². The second-order valence-electron chi connectivity index (χ2n) is 2.98. The first-order valence-corrected chi connectivity index (χ1v) is 5.20. The number of hydrogen-bond acceptors (Lipinski definition) is 3. The third-order valence-corrected chi connectivity index (χ3v) is 2.70. The van der Waals surface area contributed by atoms with E-state index in [9.17, 15) is 4.79 Å². The quantitative estimate of drug-likeness (QED) is 0.798. The summed E-state index contributed by atoms with van der Waals surface area (Å²) in [6, 6.07) is 3.71. The Morgan fingerprint density at radius 2 is 2.47 bits per heavy atom. The van der Waals surface area contributed by atoms with Crippen LogP contribution in [-0.2, 0) is 11.2 Å². The number of fused-ring (bicyclic) bond motifs is 1. The maximum absolute atomic E-state index is 10.5. The molecule has 0 unspecified atom stereocenters. The molecule has 4 nitrogen and oxygen atoms in total. The van der Waals surface area contributed by atoms with Gasteiger partial charge in [-0.25, -0.2) is 4.98 Å². The summed E-state index contributed by atoms with van der Waals surface area (Å²) < 4.78 is 7.76. The minimum Gasteiger partial charge on any atom is -0.494 e. The molecular formula is C10H9BrN2O2. The number of nitrogens with zero attached hydrogens (tertiary/aromatic N) is 2. The number of methoxy groups -OCH3 is 1. The lowest BCUT2D eigenvalue weighted by atomic mass is 10.4. The highest BCUT2D eigenvalue weighted by molar-refractivity contribution is 9.10. The van der Waals surface area contributed by atoms with Crippen molar-refractivity contribution in [3.63, 3.8) is 0 Å². The average molecular weight is 269 g/mol. The number of aromatic nitrogens is 2. The van der Waals surface area contributed by atoms with E-state index in [4.69, 9.17) is 4.74 Å². The lowest BCUT2D eigenvalue weighted by Crippen LogP contribution is -1.96. The van der Waals surface area contributed by atoms with Crippen molar-refractivity contribution in [2.45, 2.75) is 6.42 Å². The van der Waals surface area contributed by atoms with Gasteiger partial charge in [0.05, 0.1) is 13.5 Å². The number of aldehydes is 1. The van der Waals surface area contributed by atoms with E-state index in [1.54, 1.807) is 7.11 Å². The SMILES string of the molecule is COc1cccn2c(CC=O)nc(Br)c12. The molecule has 0 fully saturated rings. The van der Waals surface area contributed by atoms with Gasteiger partial charge in [0.25, 0.3) is 0 Å². The molecule has 0 amide bonds. The van der Waals surface area contributed by atoms with E-state index < -0.39 is 0 Å². The van der Waals surface area contributed by atoms with Crippen molar-refractivity contribution in [2.24, 2.45) is 0 Å². The Bertz CT molecular complexity index is 507. The highest BCUT2D eigenvalue weighted by atomic mass is 79.9. The molecule has 2 rings (SSSR count). The van der Waals surface area contributed by atoms with Gasteiger partial charge in [-0.1, -0.05) is 0 Å². The molecule has 15 heavy (non-hydrogen) atoms. The number of halogens is 1. The lowest BCUT2D eigenvalue weighted by molar-refractivity contribution is -0.107. The van der Waals surface area contributed by atoms with E-state index in [-0.39, 0.29) is 0 Å². The summed E-state index contributed by atoms with van der Waals surface area (Å²) in [5.74, 6) is 1.43. The van der Waals surface area contributed by atoms with E-state index in [1.807, 2.05) is 22.7 Å². The van der Waals surface area contributed by atoms with Crippen LogP contribution in [0.2, 0.25) is 0 Å². The fourth-order valence-corrected chi connectivity index (χ4v) is 2.10. The van der Waals surface area contributed by atoms with Crippen molar-refractivity contribution >= 4 is 27.7 Å². The molecule has 0 atom stereocenters. The zero-order valence-corrected chi connectivity index (χ0v) is 9.69. The number of carbonyl (C=O) groups is 1. The first kappa shape index (κ1) is 10.2. The van der Waals surface area contributed by atoms with Gasteiger partial charge in [0.1, 0.15) is 28.0 Å². The predicted octanol–water partition coefficient (Wildman–Crippen LogP) is 1.85. The highest BCUT2D eigenvalue weighted by Crippen LogP contribution is 2.27. The zero-order chi connectivity index (χ0) is 10.8. The van der Waals surface area contributed by atoms with Crippen molar-refractivity contribution in [3.05, 3.63) is 28.8 Å². The van der Waals surface area contributed by atoms with Crippen molar-refractivity contribution in [1.29, 1.82) is 0 Å². The molecule has 0 saturated heterocycles. The van der Waals surface area contributed by atoms with Gasteiger partial charge in [0, 0.05) is 6.20 Å². The van der Waals surface area contributed by atoms with Crippen LogP contribution in [0.3, 0.4) is 0 Å². The first-order chi connectivity index (χ1) is 7.27. The summed E-state index contributed by atoms with van der Waals surface area (Å²) >= 11 is 3.35. The minimum atomic E-state index is 0.292. The standard InChI is InChI=1S/C10H9BrN2O2/c1-15-7-3-2-5-13-8(4-6-14)12-10(11)9(7)13/h2-3,5-6H,4H2,1H3. The van der Waals surface area contributed by atoms with Crippen LogP contribution in [0.4, 0.5) is 0 Å². The lowest BCUT2D eigenvalue weighted by Gasteiger charge is -2.03. The molecule has 0 aliphatic heterocycles. The molecule has 5 heteroatoms. The Morgan fingerprint density at radius 1 is 1.67 bits per heavy atom. The molecule has 0 saturated carbocycles. The van der Waals surface area contributed by atoms with E-state index in [0.717, 1.165) is 17.6 Å². The van der Waals surface area contributed by atoms with Gasteiger partial charge < -0.3 is 9.53 Å². The van der Waals surface area contributed by atoms with Crippen LogP contribution < -0.4 is 4.74 Å². The average Bonchev–Trinajstić information content (AvgIpc) is 2.57. The van der Waals surface area contributed by atoms with Gasteiger partial charge in [-0.3, -0.25) is 4.40 Å². The normalized spacial score (nSPS) is 10.5. The van der Waals surface area contributed by atoms with Crippen LogP contribution in [-0.4, -0.2) is 22.8 Å². The molecule has 2 heterocycles. The van der Waals surface area contributed by atoms with Gasteiger partial charge in [-0.05, 0) is 28.1 Å². The monoisotopic (exact) mass is 268 g/mol. The Hall–Kier alpha value is -1.36. The fraction of sp³-hybridized carbons (Fsp3) is 0.200. The second-order valence-corrected chi connectivity index (χ2v) is 3.74. The molecule has 0 N–H and O–H groups in total. The number of imidazole rings is 1. The van der Waals surface area contributed by atoms with Crippen molar-refractivity contribution in [2.75, 3.05) is 7.11 Å². The molecule has 0 aliphatic rings. The molecule has 0 aliphatic carbocycles. The number of carbonyl (C=O) groups excluding carboxylic acids is 1. The third kappa shape index (κ3) is 1.63. The number of hydrogen-bond donors (Lipinski definition) is 0. The molecule has 0 bridgehead atoms. The van der Waals surface area contributed by atoms with Gasteiger partial charge >= 0.3 is 0 Å². The molecule has 0 aromatic carbocycles. The van der Waals surface area contributed by atoms with Crippen molar-refractivity contribution in [1.82, 2.24) is 9.38 Å². The summed E-state index contributed by atoms with van der Waals surface area (Å²) in [6.45, 7) is 0. The summed E-state index contributed by atoms with van der Waals surface area (Å²) in [5, 5.41) is 0. The molecule has 78 valence electrons. The van der Waals surface area contributed by atoms with Gasteiger partial charge in [0.2, 0.25) is 0 Å². The Morgan fingerprint density at radius 3 is 3.13 bits per heavy atom. The summed E-state index contributed by atoms with van der Waals surface area (Å²) in [6.07, 6.45) is 2.98. The summed E-state index contributed by atoms with van der Waals surface area (Å²) in [4.78, 5) is 14.7. The molecule has 0 radical (unpaired) electrons. The number of pyridine rings is 1.